The molecule has 0 fully saturated rings. The van der Waals surface area contributed by atoms with Gasteiger partial charge in [-0.25, -0.2) is 0 Å². The summed E-state index contributed by atoms with van der Waals surface area (Å²) in [6, 6.07) is 7.82. The number of hydrogen-bond donors (Lipinski definition) is 1. The highest BCUT2D eigenvalue weighted by Crippen LogP contribution is 2.17. The minimum atomic E-state index is -0.0551. The van der Waals surface area contributed by atoms with Crippen molar-refractivity contribution < 1.29 is 9.32 Å². The van der Waals surface area contributed by atoms with Crippen LogP contribution in [0, 0.1) is 0 Å². The van der Waals surface area contributed by atoms with Crippen LogP contribution in [0.25, 0.3) is 0 Å². The van der Waals surface area contributed by atoms with Gasteiger partial charge in [0.05, 0.1) is 0 Å². The highest BCUT2D eigenvalue weighted by atomic mass is 16.5. The average Bonchev–Trinajstić information content (AvgIpc) is 2.96. The van der Waals surface area contributed by atoms with E-state index in [0.717, 1.165) is 17.8 Å². The van der Waals surface area contributed by atoms with Crippen molar-refractivity contribution in [3.63, 3.8) is 0 Å². The number of amides is 1. The van der Waals surface area contributed by atoms with Crippen molar-refractivity contribution in [1.29, 1.82) is 0 Å². The summed E-state index contributed by atoms with van der Waals surface area (Å²) in [5.41, 5.74) is 1.94. The molecular formula is C17H24N4O2. The number of nitrogens with one attached hydrogen (secondary N) is 1. The van der Waals surface area contributed by atoms with Gasteiger partial charge in [0.2, 0.25) is 11.8 Å². The molecule has 0 aliphatic heterocycles. The third-order valence-corrected chi connectivity index (χ3v) is 3.34. The number of aryl methyl sites for hydroxylation is 1. The molecule has 0 saturated heterocycles. The molecular weight excluding hydrogens is 292 g/mol. The molecule has 124 valence electrons. The lowest BCUT2D eigenvalue weighted by atomic mass is 10.1. The van der Waals surface area contributed by atoms with Crippen LogP contribution < -0.4 is 5.32 Å². The summed E-state index contributed by atoms with van der Waals surface area (Å²) in [6.45, 7) is 4.78. The molecule has 1 aromatic carbocycles. The first-order valence-electron chi connectivity index (χ1n) is 7.80. The molecule has 2 rings (SSSR count). The highest BCUT2D eigenvalue weighted by Gasteiger charge is 2.12. The molecule has 0 aliphatic carbocycles. The minimum Gasteiger partial charge on any atom is -0.339 e. The normalized spacial score (nSPS) is 11.2. The van der Waals surface area contributed by atoms with E-state index in [1.807, 2.05) is 52.2 Å². The Labute approximate surface area is 136 Å². The third-order valence-electron chi connectivity index (χ3n) is 3.34. The van der Waals surface area contributed by atoms with Gasteiger partial charge in [-0.1, -0.05) is 37.2 Å². The Morgan fingerprint density at radius 1 is 1.30 bits per heavy atom. The van der Waals surface area contributed by atoms with Crippen molar-refractivity contribution in [3.05, 3.63) is 41.5 Å². The van der Waals surface area contributed by atoms with Gasteiger partial charge in [0.25, 0.3) is 0 Å². The number of aromatic nitrogens is 2. The maximum absolute atomic E-state index is 12.1. The summed E-state index contributed by atoms with van der Waals surface area (Å²) in [7, 11) is 4.00. The highest BCUT2D eigenvalue weighted by molar-refractivity contribution is 5.91. The summed E-state index contributed by atoms with van der Waals surface area (Å²) in [4.78, 5) is 18.5. The van der Waals surface area contributed by atoms with E-state index < -0.39 is 0 Å². The molecule has 0 radical (unpaired) electrons. The molecule has 6 heteroatoms. The maximum Gasteiger partial charge on any atom is 0.227 e. The van der Waals surface area contributed by atoms with E-state index in [1.165, 1.54) is 0 Å². The summed E-state index contributed by atoms with van der Waals surface area (Å²) in [5.74, 6) is 1.35. The van der Waals surface area contributed by atoms with E-state index in [9.17, 15) is 4.79 Å². The Bertz CT molecular complexity index is 650. The van der Waals surface area contributed by atoms with Crippen LogP contribution in [0.1, 0.15) is 43.5 Å². The SMILES string of the molecule is CC(C)c1noc(CCC(=O)Nc2ccccc2CN(C)C)n1. The van der Waals surface area contributed by atoms with Crippen molar-refractivity contribution >= 4 is 11.6 Å². The van der Waals surface area contributed by atoms with Crippen molar-refractivity contribution in [2.45, 2.75) is 39.2 Å². The van der Waals surface area contributed by atoms with Gasteiger partial charge < -0.3 is 14.7 Å². The number of carbonyl (C=O) groups excluding carboxylic acids is 1. The maximum atomic E-state index is 12.1. The Kier molecular flexibility index (Phi) is 5.87. The standard InChI is InChI=1S/C17H24N4O2/c1-12(2)17-19-16(23-20-17)10-9-15(22)18-14-8-6-5-7-13(14)11-21(3)4/h5-8,12H,9-11H2,1-4H3,(H,18,22). The lowest BCUT2D eigenvalue weighted by Gasteiger charge is -2.14. The monoisotopic (exact) mass is 316 g/mol. The van der Waals surface area contributed by atoms with Crippen molar-refractivity contribution in [3.8, 4) is 0 Å². The molecule has 0 unspecified atom stereocenters. The number of hydrogen-bond acceptors (Lipinski definition) is 5. The minimum absolute atomic E-state index is 0.0551. The topological polar surface area (TPSA) is 71.3 Å². The molecule has 1 aromatic heterocycles. The number of benzene rings is 1. The molecule has 6 nitrogen and oxygen atoms in total. The molecule has 1 heterocycles. The Morgan fingerprint density at radius 2 is 2.04 bits per heavy atom. The van der Waals surface area contributed by atoms with Gasteiger partial charge in [0.1, 0.15) is 0 Å². The van der Waals surface area contributed by atoms with Gasteiger partial charge in [-0.15, -0.1) is 0 Å². The van der Waals surface area contributed by atoms with Crippen LogP contribution in [0.2, 0.25) is 0 Å². The van der Waals surface area contributed by atoms with Crippen molar-refractivity contribution in [2.24, 2.45) is 0 Å². The predicted molar refractivity (Wildman–Crippen MR) is 89.2 cm³/mol. The van der Waals surface area contributed by atoms with Crippen LogP contribution in [-0.4, -0.2) is 35.0 Å². The molecule has 1 amide bonds. The fourth-order valence-electron chi connectivity index (χ4n) is 2.16. The number of rotatable bonds is 7. The molecule has 1 N–H and O–H groups in total. The lowest BCUT2D eigenvalue weighted by Crippen LogP contribution is -2.17. The Balaban J connectivity index is 1.92. The van der Waals surface area contributed by atoms with E-state index in [2.05, 4.69) is 20.4 Å². The fraction of sp³-hybridized carbons (Fsp3) is 0.471. The number of nitrogens with zero attached hydrogens (tertiary/aromatic N) is 3. The zero-order valence-electron chi connectivity index (χ0n) is 14.2. The van der Waals surface area contributed by atoms with Crippen molar-refractivity contribution in [2.75, 3.05) is 19.4 Å². The van der Waals surface area contributed by atoms with Gasteiger partial charge >= 0.3 is 0 Å². The van der Waals surface area contributed by atoms with Crippen LogP contribution in [0.5, 0.6) is 0 Å². The van der Waals surface area contributed by atoms with E-state index in [1.54, 1.807) is 0 Å². The van der Waals surface area contributed by atoms with Gasteiger partial charge in [0, 0.05) is 31.0 Å². The molecule has 23 heavy (non-hydrogen) atoms. The molecule has 0 spiro atoms. The van der Waals surface area contributed by atoms with Gasteiger partial charge in [-0.2, -0.15) is 4.98 Å². The van der Waals surface area contributed by atoms with Gasteiger partial charge in [0.15, 0.2) is 5.82 Å². The van der Waals surface area contributed by atoms with Crippen LogP contribution >= 0.6 is 0 Å². The molecule has 0 bridgehead atoms. The molecule has 0 atom stereocenters. The van der Waals surface area contributed by atoms with E-state index in [0.29, 0.717) is 24.6 Å². The first kappa shape index (κ1) is 17.1. The summed E-state index contributed by atoms with van der Waals surface area (Å²) in [5, 5.41) is 6.86. The third kappa shape index (κ3) is 5.17. The Morgan fingerprint density at radius 3 is 2.70 bits per heavy atom. The number of anilines is 1. The number of para-hydroxylation sites is 1. The van der Waals surface area contributed by atoms with E-state index in [-0.39, 0.29) is 11.8 Å². The van der Waals surface area contributed by atoms with E-state index in [4.69, 9.17) is 4.52 Å². The number of carbonyl (C=O) groups is 1. The molecule has 0 aliphatic rings. The van der Waals surface area contributed by atoms with Gasteiger partial charge in [-0.3, -0.25) is 4.79 Å². The van der Waals surface area contributed by atoms with Gasteiger partial charge in [-0.05, 0) is 25.7 Å². The average molecular weight is 316 g/mol. The summed E-state index contributed by atoms with van der Waals surface area (Å²) in [6.07, 6.45) is 0.761. The lowest BCUT2D eigenvalue weighted by molar-refractivity contribution is -0.116. The zero-order chi connectivity index (χ0) is 16.8. The summed E-state index contributed by atoms with van der Waals surface area (Å²) < 4.78 is 5.16. The second-order valence-corrected chi connectivity index (χ2v) is 6.14. The quantitative estimate of drug-likeness (QED) is 0.850. The van der Waals surface area contributed by atoms with Crippen LogP contribution in [0.4, 0.5) is 5.69 Å². The second-order valence-electron chi connectivity index (χ2n) is 6.14. The largest absolute Gasteiger partial charge is 0.339 e. The van der Waals surface area contributed by atoms with E-state index >= 15 is 0 Å². The summed E-state index contributed by atoms with van der Waals surface area (Å²) >= 11 is 0. The second kappa shape index (κ2) is 7.87. The smallest absolute Gasteiger partial charge is 0.227 e. The predicted octanol–water partition coefficient (Wildman–Crippen LogP) is 2.83. The zero-order valence-corrected chi connectivity index (χ0v) is 14.2. The molecule has 2 aromatic rings. The Hall–Kier alpha value is -2.21. The first-order chi connectivity index (χ1) is 11.0. The van der Waals surface area contributed by atoms with Crippen LogP contribution in [0.15, 0.2) is 28.8 Å². The fourth-order valence-corrected chi connectivity index (χ4v) is 2.16. The van der Waals surface area contributed by atoms with Crippen LogP contribution in [-0.2, 0) is 17.8 Å². The van der Waals surface area contributed by atoms with Crippen LogP contribution in [0.3, 0.4) is 0 Å². The van der Waals surface area contributed by atoms with Crippen molar-refractivity contribution in [1.82, 2.24) is 15.0 Å². The first-order valence-corrected chi connectivity index (χ1v) is 7.80. The molecule has 0 saturated carbocycles.